The molecule has 9 heavy (non-hydrogen) atoms. The maximum atomic E-state index is 5.38. The van der Waals surface area contributed by atoms with Crippen LogP contribution in [-0.2, 0) is 4.74 Å². The fraction of sp³-hybridized carbons (Fsp3) is 1.00. The van der Waals surface area contributed by atoms with Crippen molar-refractivity contribution < 1.29 is 4.74 Å². The molecule has 0 aromatic carbocycles. The summed E-state index contributed by atoms with van der Waals surface area (Å²) in [6, 6.07) is 0. The van der Waals surface area contributed by atoms with Crippen LogP contribution < -0.4 is 0 Å². The molecule has 2 heteroatoms. The Balaban J connectivity index is 2.41. The summed E-state index contributed by atoms with van der Waals surface area (Å²) in [5, 5.41) is 0. The standard InChI is InChI=1S/C7H14OS/c1-6-8-5-4-7(2,3)9-6/h6H,4-5H2,1-3H3. The second-order valence-corrected chi connectivity index (χ2v) is 5.07. The third-order valence-electron chi connectivity index (χ3n) is 1.54. The molecule has 0 aromatic rings. The summed E-state index contributed by atoms with van der Waals surface area (Å²) in [6.07, 6.45) is 1.18. The highest BCUT2D eigenvalue weighted by Crippen LogP contribution is 2.36. The van der Waals surface area contributed by atoms with Crippen molar-refractivity contribution in [3.8, 4) is 0 Å². The zero-order chi connectivity index (χ0) is 6.91. The Morgan fingerprint density at radius 2 is 2.22 bits per heavy atom. The fourth-order valence-electron chi connectivity index (χ4n) is 1.01. The van der Waals surface area contributed by atoms with Crippen LogP contribution >= 0.6 is 11.8 Å². The molecule has 0 amide bonds. The van der Waals surface area contributed by atoms with Crippen LogP contribution in [0, 0.1) is 0 Å². The van der Waals surface area contributed by atoms with Crippen molar-refractivity contribution >= 4 is 11.8 Å². The Morgan fingerprint density at radius 3 is 2.56 bits per heavy atom. The first-order chi connectivity index (χ1) is 4.10. The van der Waals surface area contributed by atoms with E-state index in [0.717, 1.165) is 6.61 Å². The minimum atomic E-state index is 0.397. The summed E-state index contributed by atoms with van der Waals surface area (Å²) in [4.78, 5) is 0. The first-order valence-corrected chi connectivity index (χ1v) is 4.27. The van der Waals surface area contributed by atoms with Gasteiger partial charge in [0.1, 0.15) is 5.44 Å². The number of thioether (sulfide) groups is 1. The van der Waals surface area contributed by atoms with E-state index in [2.05, 4.69) is 20.8 Å². The van der Waals surface area contributed by atoms with Crippen molar-refractivity contribution in [2.75, 3.05) is 6.61 Å². The topological polar surface area (TPSA) is 9.23 Å². The second-order valence-electron chi connectivity index (χ2n) is 3.07. The van der Waals surface area contributed by atoms with Crippen LogP contribution in [0.4, 0.5) is 0 Å². The van der Waals surface area contributed by atoms with Crippen molar-refractivity contribution in [2.24, 2.45) is 0 Å². The van der Waals surface area contributed by atoms with E-state index in [1.807, 2.05) is 11.8 Å². The molecule has 1 saturated heterocycles. The highest BCUT2D eigenvalue weighted by atomic mass is 32.2. The van der Waals surface area contributed by atoms with Gasteiger partial charge in [0.05, 0.1) is 0 Å². The van der Waals surface area contributed by atoms with Crippen LogP contribution in [-0.4, -0.2) is 16.8 Å². The lowest BCUT2D eigenvalue weighted by molar-refractivity contribution is 0.103. The summed E-state index contributed by atoms with van der Waals surface area (Å²) in [6.45, 7) is 7.60. The highest BCUT2D eigenvalue weighted by Gasteiger charge is 2.26. The van der Waals surface area contributed by atoms with Crippen molar-refractivity contribution in [3.05, 3.63) is 0 Å². The molecule has 0 N–H and O–H groups in total. The quantitative estimate of drug-likeness (QED) is 0.518. The van der Waals surface area contributed by atoms with Gasteiger partial charge in [-0.25, -0.2) is 0 Å². The minimum absolute atomic E-state index is 0.397. The number of hydrogen-bond acceptors (Lipinski definition) is 2. The lowest BCUT2D eigenvalue weighted by atomic mass is 10.1. The van der Waals surface area contributed by atoms with E-state index >= 15 is 0 Å². The van der Waals surface area contributed by atoms with Crippen LogP contribution in [0.2, 0.25) is 0 Å². The number of hydrogen-bond donors (Lipinski definition) is 0. The van der Waals surface area contributed by atoms with E-state index in [1.54, 1.807) is 0 Å². The molecule has 1 aliphatic rings. The van der Waals surface area contributed by atoms with Crippen molar-refractivity contribution in [1.29, 1.82) is 0 Å². The molecule has 0 aliphatic carbocycles. The first kappa shape index (κ1) is 7.42. The average molecular weight is 146 g/mol. The number of rotatable bonds is 0. The third kappa shape index (κ3) is 2.18. The monoisotopic (exact) mass is 146 g/mol. The van der Waals surface area contributed by atoms with Gasteiger partial charge in [-0.05, 0) is 13.3 Å². The molecular weight excluding hydrogens is 132 g/mol. The Labute approximate surface area is 61.2 Å². The molecule has 1 fully saturated rings. The minimum Gasteiger partial charge on any atom is -0.368 e. The molecule has 0 spiro atoms. The molecule has 0 saturated carbocycles. The largest absolute Gasteiger partial charge is 0.368 e. The van der Waals surface area contributed by atoms with Crippen LogP contribution in [0.3, 0.4) is 0 Å². The predicted octanol–water partition coefficient (Wildman–Crippen LogP) is 2.26. The Morgan fingerprint density at radius 1 is 1.56 bits per heavy atom. The van der Waals surface area contributed by atoms with E-state index in [-0.39, 0.29) is 0 Å². The maximum Gasteiger partial charge on any atom is 0.100 e. The molecule has 0 radical (unpaired) electrons. The highest BCUT2D eigenvalue weighted by molar-refractivity contribution is 8.01. The predicted molar refractivity (Wildman–Crippen MR) is 41.7 cm³/mol. The van der Waals surface area contributed by atoms with Gasteiger partial charge in [-0.2, -0.15) is 0 Å². The molecular formula is C7H14OS. The summed E-state index contributed by atoms with van der Waals surface area (Å²) in [7, 11) is 0. The molecule has 0 bridgehead atoms. The molecule has 1 rings (SSSR count). The Hall–Kier alpha value is 0.310. The van der Waals surface area contributed by atoms with E-state index < -0.39 is 0 Å². The SMILES string of the molecule is CC1OCCC(C)(C)S1. The molecule has 0 aromatic heterocycles. The molecule has 1 aliphatic heterocycles. The van der Waals surface area contributed by atoms with Crippen LogP contribution in [0.15, 0.2) is 0 Å². The molecule has 1 unspecified atom stereocenters. The lowest BCUT2D eigenvalue weighted by Gasteiger charge is -2.32. The first-order valence-electron chi connectivity index (χ1n) is 3.40. The average Bonchev–Trinajstić information content (AvgIpc) is 1.60. The summed E-state index contributed by atoms with van der Waals surface area (Å²) >= 11 is 1.92. The van der Waals surface area contributed by atoms with Gasteiger partial charge < -0.3 is 4.74 Å². The van der Waals surface area contributed by atoms with Gasteiger partial charge in [-0.15, -0.1) is 11.8 Å². The van der Waals surface area contributed by atoms with Crippen molar-refractivity contribution in [2.45, 2.75) is 37.4 Å². The van der Waals surface area contributed by atoms with Gasteiger partial charge in [0.2, 0.25) is 0 Å². The molecule has 1 atom stereocenters. The smallest absolute Gasteiger partial charge is 0.100 e. The van der Waals surface area contributed by atoms with Crippen LogP contribution in [0.5, 0.6) is 0 Å². The lowest BCUT2D eigenvalue weighted by Crippen LogP contribution is -2.28. The zero-order valence-corrected chi connectivity index (χ0v) is 7.12. The van der Waals surface area contributed by atoms with E-state index in [0.29, 0.717) is 10.2 Å². The van der Waals surface area contributed by atoms with E-state index in [1.165, 1.54) is 6.42 Å². The second kappa shape index (κ2) is 2.51. The van der Waals surface area contributed by atoms with Crippen LogP contribution in [0.25, 0.3) is 0 Å². The Kier molecular flexibility index (Phi) is 2.07. The summed E-state index contributed by atoms with van der Waals surface area (Å²) in [5.74, 6) is 0. The fourth-order valence-corrected chi connectivity index (χ4v) is 2.28. The summed E-state index contributed by atoms with van der Waals surface area (Å²) < 4.78 is 5.82. The zero-order valence-electron chi connectivity index (χ0n) is 6.31. The maximum absolute atomic E-state index is 5.38. The van der Waals surface area contributed by atoms with Gasteiger partial charge in [-0.1, -0.05) is 13.8 Å². The van der Waals surface area contributed by atoms with Crippen molar-refractivity contribution in [3.63, 3.8) is 0 Å². The molecule has 54 valence electrons. The van der Waals surface area contributed by atoms with Gasteiger partial charge in [0.25, 0.3) is 0 Å². The van der Waals surface area contributed by atoms with Gasteiger partial charge in [-0.3, -0.25) is 0 Å². The van der Waals surface area contributed by atoms with Gasteiger partial charge >= 0.3 is 0 Å². The van der Waals surface area contributed by atoms with E-state index in [4.69, 9.17) is 4.74 Å². The van der Waals surface area contributed by atoms with Gasteiger partial charge in [0.15, 0.2) is 0 Å². The molecule has 1 heterocycles. The van der Waals surface area contributed by atoms with Gasteiger partial charge in [0, 0.05) is 11.4 Å². The normalized spacial score (nSPS) is 34.3. The molecule has 1 nitrogen and oxygen atoms in total. The van der Waals surface area contributed by atoms with Crippen LogP contribution in [0.1, 0.15) is 27.2 Å². The number of ether oxygens (including phenoxy) is 1. The third-order valence-corrected chi connectivity index (χ3v) is 2.85. The summed E-state index contributed by atoms with van der Waals surface area (Å²) in [5.41, 5.74) is 0.397. The van der Waals surface area contributed by atoms with E-state index in [9.17, 15) is 0 Å². The van der Waals surface area contributed by atoms with Crippen molar-refractivity contribution in [1.82, 2.24) is 0 Å². The Bertz CT molecular complexity index is 101.